The van der Waals surface area contributed by atoms with Crippen molar-refractivity contribution >= 4 is 0 Å². The van der Waals surface area contributed by atoms with E-state index in [4.69, 9.17) is 0 Å². The van der Waals surface area contributed by atoms with Crippen LogP contribution in [-0.4, -0.2) is 0 Å². The van der Waals surface area contributed by atoms with E-state index in [0.717, 1.165) is 5.92 Å². The van der Waals surface area contributed by atoms with Gasteiger partial charge in [-0.1, -0.05) is 118 Å². The molecule has 0 N–H and O–H groups in total. The Morgan fingerprint density at radius 1 is 0.600 bits per heavy atom. The molecule has 0 heterocycles. The lowest BCUT2D eigenvalue weighted by Crippen LogP contribution is -1.98. The van der Waals surface area contributed by atoms with Crippen LogP contribution >= 0.6 is 0 Å². The normalized spacial score (nSPS) is 13.1. The molecule has 0 aromatic heterocycles. The molecule has 2 atom stereocenters. The molecule has 0 heteroatoms. The second kappa shape index (κ2) is 15.4. The minimum absolute atomic E-state index is 0.634. The van der Waals surface area contributed by atoms with Crippen LogP contribution in [-0.2, 0) is 0 Å². The lowest BCUT2D eigenvalue weighted by molar-refractivity contribution is 0.420. The Labute approximate surface area is 130 Å². The number of rotatable bonds is 15. The molecule has 0 aliphatic heterocycles. The first-order valence-electron chi connectivity index (χ1n) is 9.49. The Morgan fingerprint density at radius 3 is 1.50 bits per heavy atom. The Hall–Kier alpha value is 0. The minimum Gasteiger partial charge on any atom is -0.0654 e. The smallest absolute Gasteiger partial charge is 0.0443 e. The van der Waals surface area contributed by atoms with Crippen LogP contribution in [0.3, 0.4) is 0 Å². The standard InChI is InChI=1S/C20H41/c1-5-6-7-8-9-10-11-12-13-14-15-16-20(4)18-17-19(2)3/h19-20H,2,5-18H2,1,3-4H3. The van der Waals surface area contributed by atoms with Gasteiger partial charge in [-0.25, -0.2) is 0 Å². The number of hydrogen-bond donors (Lipinski definition) is 0. The van der Waals surface area contributed by atoms with E-state index in [1.54, 1.807) is 0 Å². The first-order chi connectivity index (χ1) is 9.66. The molecule has 121 valence electrons. The van der Waals surface area contributed by atoms with Crippen molar-refractivity contribution < 1.29 is 0 Å². The lowest BCUT2D eigenvalue weighted by atomic mass is 9.94. The highest BCUT2D eigenvalue weighted by atomic mass is 14.1. The quantitative estimate of drug-likeness (QED) is 0.271. The van der Waals surface area contributed by atoms with Gasteiger partial charge in [-0.2, -0.15) is 0 Å². The molecule has 0 aliphatic carbocycles. The van der Waals surface area contributed by atoms with Crippen molar-refractivity contribution in [3.8, 4) is 0 Å². The van der Waals surface area contributed by atoms with Gasteiger partial charge in [0.25, 0.3) is 0 Å². The number of hydrogen-bond acceptors (Lipinski definition) is 0. The van der Waals surface area contributed by atoms with E-state index in [2.05, 4.69) is 27.7 Å². The van der Waals surface area contributed by atoms with Crippen molar-refractivity contribution in [1.82, 2.24) is 0 Å². The summed E-state index contributed by atoms with van der Waals surface area (Å²) in [5.74, 6) is 1.55. The molecule has 0 bridgehead atoms. The van der Waals surface area contributed by atoms with E-state index in [-0.39, 0.29) is 0 Å². The summed E-state index contributed by atoms with van der Waals surface area (Å²) in [4.78, 5) is 0. The van der Waals surface area contributed by atoms with Crippen molar-refractivity contribution in [2.75, 3.05) is 0 Å². The average Bonchev–Trinajstić information content (AvgIpc) is 2.42. The molecule has 0 rings (SSSR count). The van der Waals surface area contributed by atoms with Crippen molar-refractivity contribution in [1.29, 1.82) is 0 Å². The van der Waals surface area contributed by atoms with E-state index in [1.165, 1.54) is 89.9 Å². The van der Waals surface area contributed by atoms with Crippen LogP contribution in [0, 0.1) is 18.8 Å². The summed E-state index contributed by atoms with van der Waals surface area (Å²) >= 11 is 0. The maximum absolute atomic E-state index is 4.07. The summed E-state index contributed by atoms with van der Waals surface area (Å²) in [7, 11) is 0. The molecule has 0 nitrogen and oxygen atoms in total. The second-order valence-electron chi connectivity index (χ2n) is 7.11. The van der Waals surface area contributed by atoms with Crippen LogP contribution in [0.25, 0.3) is 0 Å². The predicted octanol–water partition coefficient (Wildman–Crippen LogP) is 7.57. The zero-order chi connectivity index (χ0) is 15.1. The van der Waals surface area contributed by atoms with E-state index in [9.17, 15) is 0 Å². The molecular weight excluding hydrogens is 240 g/mol. The van der Waals surface area contributed by atoms with Gasteiger partial charge >= 0.3 is 0 Å². The van der Waals surface area contributed by atoms with E-state index < -0.39 is 0 Å². The average molecular weight is 282 g/mol. The van der Waals surface area contributed by atoms with Crippen LogP contribution in [0.5, 0.6) is 0 Å². The Bertz CT molecular complexity index is 171. The minimum atomic E-state index is 0.634. The van der Waals surface area contributed by atoms with Gasteiger partial charge in [0.15, 0.2) is 0 Å². The molecule has 0 fully saturated rings. The van der Waals surface area contributed by atoms with E-state index >= 15 is 0 Å². The van der Waals surface area contributed by atoms with Crippen molar-refractivity contribution in [3.63, 3.8) is 0 Å². The van der Waals surface area contributed by atoms with Gasteiger partial charge < -0.3 is 0 Å². The SMILES string of the molecule is [CH2]C(C)CCC(C)CCCCCCCCCCCCC. The summed E-state index contributed by atoms with van der Waals surface area (Å²) in [6.45, 7) is 11.0. The van der Waals surface area contributed by atoms with Gasteiger partial charge in [-0.3, -0.25) is 0 Å². The maximum atomic E-state index is 4.07. The van der Waals surface area contributed by atoms with Crippen molar-refractivity contribution in [3.05, 3.63) is 6.92 Å². The van der Waals surface area contributed by atoms with Gasteiger partial charge in [0.2, 0.25) is 0 Å². The molecule has 2 unspecified atom stereocenters. The third-order valence-corrected chi connectivity index (χ3v) is 4.45. The molecule has 0 aliphatic rings. The predicted molar refractivity (Wildman–Crippen MR) is 94.0 cm³/mol. The summed E-state index contributed by atoms with van der Waals surface area (Å²) in [6, 6.07) is 0. The third kappa shape index (κ3) is 16.1. The fraction of sp³-hybridized carbons (Fsp3) is 0.950. The summed E-state index contributed by atoms with van der Waals surface area (Å²) in [5.41, 5.74) is 0. The first-order valence-corrected chi connectivity index (χ1v) is 9.49. The molecule has 0 spiro atoms. The van der Waals surface area contributed by atoms with Crippen LogP contribution in [0.1, 0.15) is 111 Å². The summed E-state index contributed by atoms with van der Waals surface area (Å²) in [6.07, 6.45) is 20.1. The zero-order valence-electron chi connectivity index (χ0n) is 14.8. The van der Waals surface area contributed by atoms with Crippen LogP contribution in [0.15, 0.2) is 0 Å². The Kier molecular flexibility index (Phi) is 15.4. The highest BCUT2D eigenvalue weighted by molar-refractivity contribution is 4.59. The molecule has 0 aromatic carbocycles. The lowest BCUT2D eigenvalue weighted by Gasteiger charge is -2.12. The van der Waals surface area contributed by atoms with Gasteiger partial charge in [0.05, 0.1) is 0 Å². The fourth-order valence-corrected chi connectivity index (χ4v) is 2.87. The maximum Gasteiger partial charge on any atom is -0.0443 e. The van der Waals surface area contributed by atoms with Crippen LogP contribution in [0.4, 0.5) is 0 Å². The van der Waals surface area contributed by atoms with Crippen molar-refractivity contribution in [2.45, 2.75) is 111 Å². The molecule has 1 radical (unpaired) electrons. The Morgan fingerprint density at radius 2 is 1.05 bits per heavy atom. The molecule has 0 saturated heterocycles. The third-order valence-electron chi connectivity index (χ3n) is 4.45. The first kappa shape index (κ1) is 20.0. The topological polar surface area (TPSA) is 0 Å². The summed E-state index contributed by atoms with van der Waals surface area (Å²) in [5, 5.41) is 0. The van der Waals surface area contributed by atoms with Gasteiger partial charge in [0, 0.05) is 0 Å². The van der Waals surface area contributed by atoms with Gasteiger partial charge in [-0.05, 0) is 11.8 Å². The van der Waals surface area contributed by atoms with Crippen LogP contribution < -0.4 is 0 Å². The van der Waals surface area contributed by atoms with E-state index in [1.807, 2.05) is 0 Å². The highest BCUT2D eigenvalue weighted by Crippen LogP contribution is 2.18. The van der Waals surface area contributed by atoms with Crippen molar-refractivity contribution in [2.24, 2.45) is 11.8 Å². The molecule has 0 aromatic rings. The zero-order valence-corrected chi connectivity index (χ0v) is 14.8. The second-order valence-corrected chi connectivity index (χ2v) is 7.11. The van der Waals surface area contributed by atoms with Gasteiger partial charge in [0.1, 0.15) is 0 Å². The number of unbranched alkanes of at least 4 members (excludes halogenated alkanes) is 10. The molecule has 0 saturated carbocycles. The largest absolute Gasteiger partial charge is 0.0654 e. The molecule has 0 amide bonds. The molecular formula is C20H41. The summed E-state index contributed by atoms with van der Waals surface area (Å²) < 4.78 is 0. The van der Waals surface area contributed by atoms with Gasteiger partial charge in [-0.15, -0.1) is 0 Å². The fourth-order valence-electron chi connectivity index (χ4n) is 2.87. The Balaban J connectivity index is 3.09. The monoisotopic (exact) mass is 281 g/mol. The highest BCUT2D eigenvalue weighted by Gasteiger charge is 2.03. The molecule has 20 heavy (non-hydrogen) atoms. The van der Waals surface area contributed by atoms with E-state index in [0.29, 0.717) is 5.92 Å². The van der Waals surface area contributed by atoms with Crippen LogP contribution in [0.2, 0.25) is 0 Å².